The number of aromatic hydroxyl groups is 1. The average molecular weight is 470 g/mol. The number of phenols is 1. The molecule has 1 N–H and O–H groups in total. The second-order valence-electron chi connectivity index (χ2n) is 10.9. The maximum Gasteiger partial charge on any atom is 0.159 e. The SMILES string of the molecule is COC(OC)C1CC2(C1)CN(c1ccc([C@@H]3c4ccc(O)cc4CC[C@@H]3c3ccccc3)cc1)C2. The van der Waals surface area contributed by atoms with E-state index in [1.54, 1.807) is 14.2 Å². The molecule has 1 heterocycles. The van der Waals surface area contributed by atoms with Crippen LogP contribution in [0.5, 0.6) is 5.75 Å². The summed E-state index contributed by atoms with van der Waals surface area (Å²) < 4.78 is 10.9. The number of hydrogen-bond donors (Lipinski definition) is 1. The third-order valence-electron chi connectivity index (χ3n) is 8.73. The second-order valence-corrected chi connectivity index (χ2v) is 10.9. The third kappa shape index (κ3) is 4.03. The van der Waals surface area contributed by atoms with Crippen molar-refractivity contribution >= 4 is 5.69 Å². The van der Waals surface area contributed by atoms with Gasteiger partial charge in [0.15, 0.2) is 6.29 Å². The summed E-state index contributed by atoms with van der Waals surface area (Å²) in [6.45, 7) is 2.25. The molecule has 4 heteroatoms. The van der Waals surface area contributed by atoms with Gasteiger partial charge in [-0.2, -0.15) is 0 Å². The summed E-state index contributed by atoms with van der Waals surface area (Å²) >= 11 is 0. The first-order chi connectivity index (χ1) is 17.1. The molecule has 4 nitrogen and oxygen atoms in total. The maximum absolute atomic E-state index is 10.1. The molecule has 0 aromatic heterocycles. The van der Waals surface area contributed by atoms with Crippen LogP contribution in [0.4, 0.5) is 5.69 Å². The standard InChI is InChI=1S/C31H35NO3/c1-34-30(35-2)24-17-31(18-24)19-32(20-31)25-11-8-22(9-12-25)29-27(21-6-4-3-5-7-21)14-10-23-16-26(33)13-15-28(23)29/h3-9,11-13,15-16,24,27,29-30,33H,10,14,17-20H2,1-2H3/t27-,29+/m1/s1. The van der Waals surface area contributed by atoms with E-state index in [2.05, 4.69) is 65.6 Å². The lowest BCUT2D eigenvalue weighted by Gasteiger charge is -2.60. The van der Waals surface area contributed by atoms with E-state index in [0.29, 0.717) is 28.9 Å². The van der Waals surface area contributed by atoms with E-state index >= 15 is 0 Å². The lowest BCUT2D eigenvalue weighted by molar-refractivity contribution is -0.184. The number of hydrogen-bond acceptors (Lipinski definition) is 4. The van der Waals surface area contributed by atoms with Crippen LogP contribution >= 0.6 is 0 Å². The van der Waals surface area contributed by atoms with Gasteiger partial charge in [0.1, 0.15) is 5.75 Å². The van der Waals surface area contributed by atoms with Gasteiger partial charge in [0.05, 0.1) is 0 Å². The van der Waals surface area contributed by atoms with Gasteiger partial charge >= 0.3 is 0 Å². The molecule has 0 unspecified atom stereocenters. The first kappa shape index (κ1) is 22.6. The smallest absolute Gasteiger partial charge is 0.159 e. The zero-order valence-corrected chi connectivity index (χ0v) is 20.7. The van der Waals surface area contributed by atoms with Crippen molar-refractivity contribution in [2.75, 3.05) is 32.2 Å². The largest absolute Gasteiger partial charge is 0.508 e. The van der Waals surface area contributed by atoms with E-state index in [0.717, 1.165) is 25.9 Å². The van der Waals surface area contributed by atoms with E-state index in [1.165, 1.54) is 40.8 Å². The van der Waals surface area contributed by atoms with Crippen LogP contribution < -0.4 is 4.90 Å². The highest BCUT2D eigenvalue weighted by Crippen LogP contribution is 2.54. The van der Waals surface area contributed by atoms with E-state index < -0.39 is 0 Å². The number of nitrogens with zero attached hydrogens (tertiary/aromatic N) is 1. The Morgan fingerprint density at radius 2 is 1.60 bits per heavy atom. The molecule has 3 aromatic carbocycles. The summed E-state index contributed by atoms with van der Waals surface area (Å²) in [6, 6.07) is 26.1. The van der Waals surface area contributed by atoms with Gasteiger partial charge in [-0.05, 0) is 78.1 Å². The molecule has 3 aliphatic rings. The van der Waals surface area contributed by atoms with Crippen LogP contribution in [0.15, 0.2) is 72.8 Å². The molecule has 1 saturated carbocycles. The van der Waals surface area contributed by atoms with E-state index in [9.17, 15) is 5.11 Å². The van der Waals surface area contributed by atoms with Gasteiger partial charge in [-0.15, -0.1) is 0 Å². The lowest BCUT2D eigenvalue weighted by atomic mass is 9.57. The molecule has 2 aliphatic carbocycles. The molecule has 1 aliphatic heterocycles. The first-order valence-corrected chi connectivity index (χ1v) is 12.9. The number of rotatable bonds is 6. The Kier molecular flexibility index (Phi) is 5.82. The van der Waals surface area contributed by atoms with E-state index in [1.807, 2.05) is 12.1 Å². The van der Waals surface area contributed by atoms with Crippen molar-refractivity contribution in [3.05, 3.63) is 95.1 Å². The number of methoxy groups -OCH3 is 2. The number of benzene rings is 3. The van der Waals surface area contributed by atoms with Crippen molar-refractivity contribution in [3.63, 3.8) is 0 Å². The van der Waals surface area contributed by atoms with Crippen molar-refractivity contribution in [3.8, 4) is 5.75 Å². The highest BCUT2D eigenvalue weighted by atomic mass is 16.7. The van der Waals surface area contributed by atoms with Gasteiger partial charge in [0.25, 0.3) is 0 Å². The van der Waals surface area contributed by atoms with Crippen molar-refractivity contribution in [2.24, 2.45) is 11.3 Å². The molecular formula is C31H35NO3. The molecule has 1 saturated heterocycles. The predicted octanol–water partition coefficient (Wildman–Crippen LogP) is 6.09. The highest BCUT2D eigenvalue weighted by Gasteiger charge is 2.54. The summed E-state index contributed by atoms with van der Waals surface area (Å²) in [6.07, 6.45) is 4.41. The Morgan fingerprint density at radius 1 is 0.886 bits per heavy atom. The van der Waals surface area contributed by atoms with Gasteiger partial charge in [0.2, 0.25) is 0 Å². The quantitative estimate of drug-likeness (QED) is 0.444. The molecule has 2 fully saturated rings. The van der Waals surface area contributed by atoms with Crippen molar-refractivity contribution in [2.45, 2.75) is 43.8 Å². The number of ether oxygens (including phenoxy) is 2. The first-order valence-electron chi connectivity index (χ1n) is 12.9. The minimum Gasteiger partial charge on any atom is -0.508 e. The normalized spacial score (nSPS) is 23.1. The highest BCUT2D eigenvalue weighted by molar-refractivity contribution is 5.54. The fraction of sp³-hybridized carbons (Fsp3) is 0.419. The minimum absolute atomic E-state index is 0.0631. The molecular weight excluding hydrogens is 434 g/mol. The van der Waals surface area contributed by atoms with Crippen molar-refractivity contribution in [1.29, 1.82) is 0 Å². The summed E-state index contributed by atoms with van der Waals surface area (Å²) in [5.74, 6) is 1.62. The number of phenolic OH excluding ortho intramolecular Hbond substituents is 1. The molecule has 0 radical (unpaired) electrons. The fourth-order valence-corrected chi connectivity index (χ4v) is 7.10. The topological polar surface area (TPSA) is 41.9 Å². The minimum atomic E-state index is -0.0631. The number of fused-ring (bicyclic) bond motifs is 1. The van der Waals surface area contributed by atoms with Crippen LogP contribution in [0, 0.1) is 11.3 Å². The summed E-state index contributed by atoms with van der Waals surface area (Å²) in [5, 5.41) is 10.1. The van der Waals surface area contributed by atoms with Crippen LogP contribution in [0.2, 0.25) is 0 Å². The number of anilines is 1. The van der Waals surface area contributed by atoms with Gasteiger partial charge in [-0.25, -0.2) is 0 Å². The Bertz CT molecular complexity index is 1160. The Balaban J connectivity index is 1.21. The van der Waals surface area contributed by atoms with Crippen LogP contribution in [-0.2, 0) is 15.9 Å². The zero-order chi connectivity index (χ0) is 24.0. The molecule has 6 rings (SSSR count). The Hall–Kier alpha value is -2.82. The van der Waals surface area contributed by atoms with Gasteiger partial charge < -0.3 is 19.5 Å². The number of aryl methyl sites for hydroxylation is 1. The third-order valence-corrected chi connectivity index (χ3v) is 8.73. The monoisotopic (exact) mass is 469 g/mol. The Labute approximate surface area is 208 Å². The molecule has 2 atom stereocenters. The van der Waals surface area contributed by atoms with Gasteiger partial charge in [-0.1, -0.05) is 48.5 Å². The lowest BCUT2D eigenvalue weighted by Crippen LogP contribution is -2.64. The molecule has 182 valence electrons. The van der Waals surface area contributed by atoms with Crippen LogP contribution in [-0.4, -0.2) is 38.7 Å². The van der Waals surface area contributed by atoms with E-state index in [-0.39, 0.29) is 6.29 Å². The van der Waals surface area contributed by atoms with Crippen LogP contribution in [0.1, 0.15) is 53.4 Å². The van der Waals surface area contributed by atoms with Crippen molar-refractivity contribution < 1.29 is 14.6 Å². The molecule has 0 amide bonds. The molecule has 1 spiro atoms. The maximum atomic E-state index is 10.1. The molecule has 0 bridgehead atoms. The fourth-order valence-electron chi connectivity index (χ4n) is 7.10. The summed E-state index contributed by atoms with van der Waals surface area (Å²) in [7, 11) is 3.48. The molecule has 35 heavy (non-hydrogen) atoms. The predicted molar refractivity (Wildman–Crippen MR) is 139 cm³/mol. The van der Waals surface area contributed by atoms with Crippen LogP contribution in [0.3, 0.4) is 0 Å². The van der Waals surface area contributed by atoms with Gasteiger partial charge in [0, 0.05) is 50.2 Å². The molecule has 3 aromatic rings. The van der Waals surface area contributed by atoms with Crippen molar-refractivity contribution in [1.82, 2.24) is 0 Å². The van der Waals surface area contributed by atoms with Gasteiger partial charge in [-0.3, -0.25) is 0 Å². The van der Waals surface area contributed by atoms with E-state index in [4.69, 9.17) is 9.47 Å². The average Bonchev–Trinajstić information content (AvgIpc) is 2.84. The second kappa shape index (κ2) is 9.00. The zero-order valence-electron chi connectivity index (χ0n) is 20.7. The Morgan fingerprint density at radius 3 is 2.29 bits per heavy atom. The summed E-state index contributed by atoms with van der Waals surface area (Å²) in [4.78, 5) is 2.51. The summed E-state index contributed by atoms with van der Waals surface area (Å²) in [5.41, 5.74) is 7.15. The van der Waals surface area contributed by atoms with Crippen LogP contribution in [0.25, 0.3) is 0 Å².